The van der Waals surface area contributed by atoms with Crippen LogP contribution in [0.1, 0.15) is 40.0 Å². The Balaban J connectivity index is 4.35. The molecule has 0 spiro atoms. The lowest BCUT2D eigenvalue weighted by atomic mass is 10.0. The summed E-state index contributed by atoms with van der Waals surface area (Å²) in [6.07, 6.45) is 1.61. The first-order valence-electron chi connectivity index (χ1n) is 5.42. The molecule has 15 heavy (non-hydrogen) atoms. The van der Waals surface area contributed by atoms with Gasteiger partial charge in [0.05, 0.1) is 6.42 Å². The highest BCUT2D eigenvalue weighted by molar-refractivity contribution is 5.79. The van der Waals surface area contributed by atoms with E-state index in [0.717, 1.165) is 12.8 Å². The summed E-state index contributed by atoms with van der Waals surface area (Å²) in [5.41, 5.74) is 0. The van der Waals surface area contributed by atoms with Crippen molar-refractivity contribution >= 4 is 11.9 Å². The number of carboxylic acid groups (broad SMARTS) is 1. The lowest BCUT2D eigenvalue weighted by molar-refractivity contribution is -0.141. The smallest absolute Gasteiger partial charge is 0.305 e. The van der Waals surface area contributed by atoms with E-state index in [9.17, 15) is 9.59 Å². The fraction of sp³-hybridized carbons (Fsp3) is 0.818. The van der Waals surface area contributed by atoms with Crippen molar-refractivity contribution in [2.75, 3.05) is 7.05 Å². The molecule has 0 saturated heterocycles. The van der Waals surface area contributed by atoms with Crippen LogP contribution < -0.4 is 0 Å². The molecule has 0 aliphatic heterocycles. The molecule has 0 bridgehead atoms. The molecule has 0 fully saturated rings. The molecule has 4 heteroatoms. The highest BCUT2D eigenvalue weighted by atomic mass is 16.4. The quantitative estimate of drug-likeness (QED) is 0.734. The van der Waals surface area contributed by atoms with E-state index < -0.39 is 5.97 Å². The summed E-state index contributed by atoms with van der Waals surface area (Å²) in [5, 5.41) is 8.63. The minimum Gasteiger partial charge on any atom is -0.481 e. The number of carboxylic acids is 1. The van der Waals surface area contributed by atoms with Crippen molar-refractivity contribution in [2.45, 2.75) is 46.1 Å². The van der Waals surface area contributed by atoms with Gasteiger partial charge in [-0.1, -0.05) is 13.8 Å². The fourth-order valence-corrected chi connectivity index (χ4v) is 1.53. The van der Waals surface area contributed by atoms with Crippen molar-refractivity contribution in [2.24, 2.45) is 5.92 Å². The number of amides is 1. The topological polar surface area (TPSA) is 57.6 Å². The molecule has 88 valence electrons. The van der Waals surface area contributed by atoms with Gasteiger partial charge >= 0.3 is 5.97 Å². The SMILES string of the molecule is CCC(CC)C(=O)N(C)C(C)CC(=O)O. The summed E-state index contributed by atoms with van der Waals surface area (Å²) in [5.74, 6) is -0.799. The van der Waals surface area contributed by atoms with Crippen LogP contribution in [-0.2, 0) is 9.59 Å². The van der Waals surface area contributed by atoms with Gasteiger partial charge in [-0.25, -0.2) is 0 Å². The first kappa shape index (κ1) is 13.9. The molecule has 0 rings (SSSR count). The van der Waals surface area contributed by atoms with Crippen LogP contribution in [0, 0.1) is 5.92 Å². The van der Waals surface area contributed by atoms with Gasteiger partial charge in [-0.15, -0.1) is 0 Å². The minimum absolute atomic E-state index is 0.00237. The monoisotopic (exact) mass is 215 g/mol. The second-order valence-electron chi connectivity index (χ2n) is 3.91. The molecular weight excluding hydrogens is 194 g/mol. The Morgan fingerprint density at radius 2 is 1.73 bits per heavy atom. The molecule has 1 atom stereocenters. The predicted octanol–water partition coefficient (Wildman–Crippen LogP) is 1.74. The third-order valence-corrected chi connectivity index (χ3v) is 2.81. The van der Waals surface area contributed by atoms with Gasteiger partial charge in [0.15, 0.2) is 0 Å². The molecule has 0 aliphatic carbocycles. The van der Waals surface area contributed by atoms with E-state index in [2.05, 4.69) is 0 Å². The third-order valence-electron chi connectivity index (χ3n) is 2.81. The highest BCUT2D eigenvalue weighted by Gasteiger charge is 2.23. The Bertz CT molecular complexity index is 224. The van der Waals surface area contributed by atoms with E-state index in [0.29, 0.717) is 0 Å². The summed E-state index contributed by atoms with van der Waals surface area (Å²) < 4.78 is 0. The van der Waals surface area contributed by atoms with Crippen molar-refractivity contribution in [1.82, 2.24) is 4.90 Å². The number of carbonyl (C=O) groups excluding carboxylic acids is 1. The zero-order chi connectivity index (χ0) is 12.0. The van der Waals surface area contributed by atoms with Crippen LogP contribution in [0.4, 0.5) is 0 Å². The maximum absolute atomic E-state index is 11.9. The number of hydrogen-bond donors (Lipinski definition) is 1. The van der Waals surface area contributed by atoms with Crippen molar-refractivity contribution in [3.05, 3.63) is 0 Å². The first-order chi connectivity index (χ1) is 6.93. The Kier molecular flexibility index (Phi) is 5.97. The summed E-state index contributed by atoms with van der Waals surface area (Å²) in [4.78, 5) is 23.9. The third kappa shape index (κ3) is 4.32. The molecule has 0 saturated carbocycles. The fourth-order valence-electron chi connectivity index (χ4n) is 1.53. The maximum atomic E-state index is 11.9. The largest absolute Gasteiger partial charge is 0.481 e. The summed E-state index contributed by atoms with van der Waals surface area (Å²) in [6.45, 7) is 5.71. The summed E-state index contributed by atoms with van der Waals surface area (Å²) in [7, 11) is 1.67. The van der Waals surface area contributed by atoms with Gasteiger partial charge in [-0.2, -0.15) is 0 Å². The van der Waals surface area contributed by atoms with Gasteiger partial charge in [-0.05, 0) is 19.8 Å². The molecule has 1 unspecified atom stereocenters. The zero-order valence-corrected chi connectivity index (χ0v) is 9.99. The lowest BCUT2D eigenvalue weighted by Crippen LogP contribution is -2.40. The van der Waals surface area contributed by atoms with Crippen LogP contribution in [0.2, 0.25) is 0 Å². The van der Waals surface area contributed by atoms with E-state index in [1.165, 1.54) is 0 Å². The second-order valence-corrected chi connectivity index (χ2v) is 3.91. The van der Waals surface area contributed by atoms with Crippen LogP contribution in [0.5, 0.6) is 0 Å². The second kappa shape index (κ2) is 6.43. The zero-order valence-electron chi connectivity index (χ0n) is 9.99. The van der Waals surface area contributed by atoms with Gasteiger partial charge in [0.2, 0.25) is 5.91 Å². The van der Waals surface area contributed by atoms with E-state index >= 15 is 0 Å². The average Bonchev–Trinajstić information content (AvgIpc) is 2.17. The van der Waals surface area contributed by atoms with Crippen LogP contribution in [0.15, 0.2) is 0 Å². The van der Waals surface area contributed by atoms with Crippen molar-refractivity contribution in [1.29, 1.82) is 0 Å². The number of rotatable bonds is 6. The van der Waals surface area contributed by atoms with Gasteiger partial charge < -0.3 is 10.0 Å². The number of hydrogen-bond acceptors (Lipinski definition) is 2. The number of carbonyl (C=O) groups is 2. The molecule has 4 nitrogen and oxygen atoms in total. The molecule has 0 aromatic rings. The Labute approximate surface area is 91.3 Å². The van der Waals surface area contributed by atoms with E-state index in [4.69, 9.17) is 5.11 Å². The van der Waals surface area contributed by atoms with Gasteiger partial charge in [0.25, 0.3) is 0 Å². The number of aliphatic carboxylic acids is 1. The Hall–Kier alpha value is -1.06. The van der Waals surface area contributed by atoms with Gasteiger partial charge in [-0.3, -0.25) is 9.59 Å². The summed E-state index contributed by atoms with van der Waals surface area (Å²) in [6, 6.07) is -0.240. The molecule has 0 heterocycles. The lowest BCUT2D eigenvalue weighted by Gasteiger charge is -2.27. The molecule has 0 aromatic heterocycles. The van der Waals surface area contributed by atoms with Crippen LogP contribution in [-0.4, -0.2) is 35.0 Å². The molecular formula is C11H21NO3. The minimum atomic E-state index is -0.869. The van der Waals surface area contributed by atoms with Crippen molar-refractivity contribution in [3.63, 3.8) is 0 Å². The van der Waals surface area contributed by atoms with Gasteiger partial charge in [0, 0.05) is 19.0 Å². The molecule has 0 radical (unpaired) electrons. The Morgan fingerprint density at radius 3 is 2.07 bits per heavy atom. The molecule has 1 N–H and O–H groups in total. The standard InChI is InChI=1S/C11H21NO3/c1-5-9(6-2)11(15)12(4)8(3)7-10(13)14/h8-9H,5-7H2,1-4H3,(H,13,14). The van der Waals surface area contributed by atoms with Crippen LogP contribution in [0.25, 0.3) is 0 Å². The molecule has 0 aliphatic rings. The summed E-state index contributed by atoms with van der Waals surface area (Å²) >= 11 is 0. The molecule has 0 aromatic carbocycles. The van der Waals surface area contributed by atoms with Crippen LogP contribution in [0.3, 0.4) is 0 Å². The van der Waals surface area contributed by atoms with Gasteiger partial charge in [0.1, 0.15) is 0 Å². The van der Waals surface area contributed by atoms with Crippen molar-refractivity contribution in [3.8, 4) is 0 Å². The Morgan fingerprint density at radius 1 is 1.27 bits per heavy atom. The average molecular weight is 215 g/mol. The van der Waals surface area contributed by atoms with E-state index in [-0.39, 0.29) is 24.3 Å². The molecule has 1 amide bonds. The predicted molar refractivity (Wildman–Crippen MR) is 58.6 cm³/mol. The van der Waals surface area contributed by atoms with E-state index in [1.807, 2.05) is 13.8 Å². The van der Waals surface area contributed by atoms with E-state index in [1.54, 1.807) is 18.9 Å². The van der Waals surface area contributed by atoms with Crippen molar-refractivity contribution < 1.29 is 14.7 Å². The highest BCUT2D eigenvalue weighted by Crippen LogP contribution is 2.13. The normalized spacial score (nSPS) is 12.6. The number of nitrogens with zero attached hydrogens (tertiary/aromatic N) is 1. The first-order valence-corrected chi connectivity index (χ1v) is 5.42. The maximum Gasteiger partial charge on any atom is 0.305 e. The van der Waals surface area contributed by atoms with Crippen LogP contribution >= 0.6 is 0 Å².